The van der Waals surface area contributed by atoms with Gasteiger partial charge in [-0.3, -0.25) is 14.5 Å². The molecule has 0 aliphatic carbocycles. The lowest BCUT2D eigenvalue weighted by atomic mass is 10.1. The number of nitrogens with one attached hydrogen (secondary N) is 1. The third-order valence-electron chi connectivity index (χ3n) is 5.77. The maximum absolute atomic E-state index is 12.2. The smallest absolute Gasteiger partial charge is 0.310 e. The van der Waals surface area contributed by atoms with Gasteiger partial charge in [0.15, 0.2) is 0 Å². The number of tetrazole rings is 1. The van der Waals surface area contributed by atoms with Crippen LogP contribution in [-0.2, 0) is 34.0 Å². The molecular weight excluding hydrogens is 420 g/mol. The molecule has 0 spiro atoms. The Bertz CT molecular complexity index is 1090. The molecule has 4 rings (SSSR count). The predicted molar refractivity (Wildman–Crippen MR) is 122 cm³/mol. The number of ether oxygens (including phenoxy) is 1. The third-order valence-corrected chi connectivity index (χ3v) is 5.77. The highest BCUT2D eigenvalue weighted by Crippen LogP contribution is 2.21. The first-order valence-electron chi connectivity index (χ1n) is 11.0. The van der Waals surface area contributed by atoms with E-state index in [4.69, 9.17) is 4.74 Å². The van der Waals surface area contributed by atoms with E-state index in [2.05, 4.69) is 25.6 Å². The predicted octanol–water partition coefficient (Wildman–Crippen LogP) is 1.96. The molecule has 1 fully saturated rings. The Hall–Kier alpha value is -3.59. The van der Waals surface area contributed by atoms with Crippen LogP contribution in [0.3, 0.4) is 0 Å². The van der Waals surface area contributed by atoms with Crippen LogP contribution in [-0.4, -0.2) is 57.2 Å². The van der Waals surface area contributed by atoms with Crippen molar-refractivity contribution in [3.63, 3.8) is 0 Å². The third kappa shape index (κ3) is 6.01. The van der Waals surface area contributed by atoms with E-state index < -0.39 is 0 Å². The van der Waals surface area contributed by atoms with Crippen LogP contribution in [0.25, 0.3) is 11.4 Å². The van der Waals surface area contributed by atoms with Crippen LogP contribution in [0.5, 0.6) is 0 Å². The van der Waals surface area contributed by atoms with Gasteiger partial charge in [0.25, 0.3) is 0 Å². The standard InChI is InChI=1S/C24H28N6O3/c1-17-3-5-18(6-4-17)13-25-22(31)16-30-27-23(26-28-30)20-9-7-19(8-10-20)14-29-12-11-21(15-29)24(32)33-2/h3-10,21H,11-16H2,1-2H3,(H,25,31). The number of aromatic nitrogens is 4. The summed E-state index contributed by atoms with van der Waals surface area (Å²) in [6, 6.07) is 16.0. The second kappa shape index (κ2) is 10.4. The molecule has 1 aliphatic heterocycles. The van der Waals surface area contributed by atoms with E-state index in [9.17, 15) is 9.59 Å². The summed E-state index contributed by atoms with van der Waals surface area (Å²) in [5.74, 6) is 0.124. The zero-order chi connectivity index (χ0) is 23.2. The minimum absolute atomic E-state index is 0.00721. The Kier molecular flexibility index (Phi) is 7.09. The van der Waals surface area contributed by atoms with E-state index in [-0.39, 0.29) is 24.3 Å². The number of amides is 1. The fraction of sp³-hybridized carbons (Fsp3) is 0.375. The summed E-state index contributed by atoms with van der Waals surface area (Å²) in [6.45, 7) is 4.86. The molecule has 0 bridgehead atoms. The molecule has 0 radical (unpaired) electrons. The van der Waals surface area contributed by atoms with E-state index in [1.165, 1.54) is 17.5 Å². The number of nitrogens with zero attached hydrogens (tertiary/aromatic N) is 5. The van der Waals surface area contributed by atoms with Gasteiger partial charge >= 0.3 is 5.97 Å². The maximum atomic E-state index is 12.2. The molecule has 172 valence electrons. The van der Waals surface area contributed by atoms with Gasteiger partial charge in [-0.25, -0.2) is 0 Å². The number of methoxy groups -OCH3 is 1. The van der Waals surface area contributed by atoms with Crippen molar-refractivity contribution >= 4 is 11.9 Å². The molecule has 1 saturated heterocycles. The summed E-state index contributed by atoms with van der Waals surface area (Å²) in [5.41, 5.74) is 4.20. The van der Waals surface area contributed by atoms with Crippen LogP contribution >= 0.6 is 0 Å². The van der Waals surface area contributed by atoms with Crippen molar-refractivity contribution in [2.45, 2.75) is 33.0 Å². The Morgan fingerprint density at radius 2 is 1.82 bits per heavy atom. The molecular formula is C24H28N6O3. The number of likely N-dealkylation sites (tertiary alicyclic amines) is 1. The van der Waals surface area contributed by atoms with Gasteiger partial charge in [0, 0.05) is 25.2 Å². The summed E-state index contributed by atoms with van der Waals surface area (Å²) in [7, 11) is 1.44. The topological polar surface area (TPSA) is 102 Å². The average molecular weight is 449 g/mol. The number of carbonyl (C=O) groups excluding carboxylic acids is 2. The van der Waals surface area contributed by atoms with E-state index in [1.807, 2.05) is 55.5 Å². The summed E-state index contributed by atoms with van der Waals surface area (Å²) >= 11 is 0. The molecule has 1 N–H and O–H groups in total. The van der Waals surface area contributed by atoms with Gasteiger partial charge in [0.1, 0.15) is 6.54 Å². The molecule has 0 saturated carbocycles. The fourth-order valence-corrected chi connectivity index (χ4v) is 3.87. The van der Waals surface area contributed by atoms with Crippen molar-refractivity contribution in [1.82, 2.24) is 30.4 Å². The normalized spacial score (nSPS) is 16.0. The second-order valence-electron chi connectivity index (χ2n) is 8.35. The highest BCUT2D eigenvalue weighted by molar-refractivity contribution is 5.75. The summed E-state index contributed by atoms with van der Waals surface area (Å²) < 4.78 is 4.85. The lowest BCUT2D eigenvalue weighted by Crippen LogP contribution is -2.28. The van der Waals surface area contributed by atoms with E-state index in [0.29, 0.717) is 12.4 Å². The minimum atomic E-state index is -0.175. The van der Waals surface area contributed by atoms with Crippen LogP contribution < -0.4 is 5.32 Å². The molecule has 3 aromatic rings. The van der Waals surface area contributed by atoms with Gasteiger partial charge in [-0.15, -0.1) is 10.2 Å². The van der Waals surface area contributed by atoms with Crippen molar-refractivity contribution in [3.05, 3.63) is 65.2 Å². The first kappa shape index (κ1) is 22.6. The van der Waals surface area contributed by atoms with E-state index >= 15 is 0 Å². The molecule has 33 heavy (non-hydrogen) atoms. The highest BCUT2D eigenvalue weighted by atomic mass is 16.5. The Labute approximate surface area is 192 Å². The average Bonchev–Trinajstić information content (AvgIpc) is 3.49. The largest absolute Gasteiger partial charge is 0.469 e. The van der Waals surface area contributed by atoms with E-state index in [0.717, 1.165) is 42.7 Å². The van der Waals surface area contributed by atoms with Crippen molar-refractivity contribution in [3.8, 4) is 11.4 Å². The number of carbonyl (C=O) groups is 2. The SMILES string of the molecule is COC(=O)C1CCN(Cc2ccc(-c3nnn(CC(=O)NCc4ccc(C)cc4)n3)cc2)C1. The number of hydrogen-bond acceptors (Lipinski definition) is 7. The molecule has 9 heteroatoms. The zero-order valence-electron chi connectivity index (χ0n) is 18.9. The van der Waals surface area contributed by atoms with Crippen molar-refractivity contribution in [2.75, 3.05) is 20.2 Å². The lowest BCUT2D eigenvalue weighted by molar-refractivity contribution is -0.145. The second-order valence-corrected chi connectivity index (χ2v) is 8.35. The molecule has 9 nitrogen and oxygen atoms in total. The monoisotopic (exact) mass is 448 g/mol. The lowest BCUT2D eigenvalue weighted by Gasteiger charge is -2.15. The molecule has 2 heterocycles. The zero-order valence-corrected chi connectivity index (χ0v) is 18.9. The van der Waals surface area contributed by atoms with Gasteiger partial charge in [-0.05, 0) is 36.2 Å². The van der Waals surface area contributed by atoms with Gasteiger partial charge in [-0.2, -0.15) is 4.80 Å². The molecule has 2 aromatic carbocycles. The fourth-order valence-electron chi connectivity index (χ4n) is 3.87. The Balaban J connectivity index is 1.28. The van der Waals surface area contributed by atoms with Crippen LogP contribution in [0.4, 0.5) is 0 Å². The van der Waals surface area contributed by atoms with Crippen LogP contribution in [0.1, 0.15) is 23.1 Å². The summed E-state index contributed by atoms with van der Waals surface area (Å²) in [5, 5.41) is 15.3. The molecule has 1 unspecified atom stereocenters. The summed E-state index contributed by atoms with van der Waals surface area (Å²) in [4.78, 5) is 27.5. The highest BCUT2D eigenvalue weighted by Gasteiger charge is 2.28. The van der Waals surface area contributed by atoms with Gasteiger partial charge in [0.05, 0.1) is 13.0 Å². The number of esters is 1. The van der Waals surface area contributed by atoms with Crippen molar-refractivity contribution < 1.29 is 14.3 Å². The van der Waals surface area contributed by atoms with Crippen LogP contribution in [0.2, 0.25) is 0 Å². The molecule has 1 atom stereocenters. The van der Waals surface area contributed by atoms with Gasteiger partial charge < -0.3 is 10.1 Å². The summed E-state index contributed by atoms with van der Waals surface area (Å²) in [6.07, 6.45) is 0.830. The van der Waals surface area contributed by atoms with E-state index in [1.54, 1.807) is 0 Å². The Morgan fingerprint density at radius 3 is 2.55 bits per heavy atom. The number of rotatable bonds is 8. The molecule has 1 amide bonds. The van der Waals surface area contributed by atoms with Crippen LogP contribution in [0.15, 0.2) is 48.5 Å². The van der Waals surface area contributed by atoms with Gasteiger partial charge in [0.2, 0.25) is 11.7 Å². The Morgan fingerprint density at radius 1 is 1.09 bits per heavy atom. The number of benzene rings is 2. The first-order valence-corrected chi connectivity index (χ1v) is 11.0. The first-order chi connectivity index (χ1) is 16.0. The minimum Gasteiger partial charge on any atom is -0.469 e. The maximum Gasteiger partial charge on any atom is 0.310 e. The van der Waals surface area contributed by atoms with Crippen molar-refractivity contribution in [1.29, 1.82) is 0 Å². The van der Waals surface area contributed by atoms with Crippen LogP contribution in [0, 0.1) is 12.8 Å². The van der Waals surface area contributed by atoms with Gasteiger partial charge in [-0.1, -0.05) is 54.1 Å². The molecule has 1 aliphatic rings. The number of hydrogen-bond donors (Lipinski definition) is 1. The molecule has 1 aromatic heterocycles. The number of aryl methyl sites for hydroxylation is 1. The quantitative estimate of drug-likeness (QED) is 0.526. The van der Waals surface area contributed by atoms with Crippen molar-refractivity contribution in [2.24, 2.45) is 5.92 Å².